The lowest BCUT2D eigenvalue weighted by molar-refractivity contribution is 0.319. The van der Waals surface area contributed by atoms with Gasteiger partial charge in [0.15, 0.2) is 0 Å². The first-order chi connectivity index (χ1) is 11.8. The molecule has 2 nitrogen and oxygen atoms in total. The fourth-order valence-corrected chi connectivity index (χ4v) is 3.74. The van der Waals surface area contributed by atoms with Crippen LogP contribution >= 0.6 is 0 Å². The van der Waals surface area contributed by atoms with E-state index in [-0.39, 0.29) is 11.6 Å². The zero-order chi connectivity index (χ0) is 16.7. The normalized spacial score (nSPS) is 18.3. The quantitative estimate of drug-likeness (QED) is 0.771. The molecule has 0 saturated heterocycles. The van der Waals surface area contributed by atoms with Crippen LogP contribution in [0.5, 0.6) is 0 Å². The van der Waals surface area contributed by atoms with E-state index in [0.29, 0.717) is 0 Å². The number of hydrogen-bond donors (Lipinski definition) is 1. The molecular formula is C22H26N2. The van der Waals surface area contributed by atoms with Crippen LogP contribution in [-0.4, -0.2) is 5.54 Å². The van der Waals surface area contributed by atoms with E-state index in [0.717, 1.165) is 32.1 Å². The van der Waals surface area contributed by atoms with Crippen LogP contribution in [0.3, 0.4) is 0 Å². The molecule has 0 unspecified atom stereocenters. The van der Waals surface area contributed by atoms with Gasteiger partial charge in [-0.1, -0.05) is 86.3 Å². The molecular weight excluding hydrogens is 292 g/mol. The van der Waals surface area contributed by atoms with E-state index in [2.05, 4.69) is 72.0 Å². The van der Waals surface area contributed by atoms with E-state index in [1.54, 1.807) is 0 Å². The first-order valence-electron chi connectivity index (χ1n) is 9.09. The van der Waals surface area contributed by atoms with Gasteiger partial charge in [-0.25, -0.2) is 0 Å². The maximum absolute atomic E-state index is 9.92. The molecule has 2 aromatic carbocycles. The lowest BCUT2D eigenvalue weighted by Gasteiger charge is -2.32. The maximum atomic E-state index is 9.92. The zero-order valence-electron chi connectivity index (χ0n) is 14.2. The van der Waals surface area contributed by atoms with Gasteiger partial charge < -0.3 is 0 Å². The Hall–Kier alpha value is -2.11. The highest BCUT2D eigenvalue weighted by atomic mass is 15.0. The third kappa shape index (κ3) is 4.24. The molecule has 1 aliphatic rings. The van der Waals surface area contributed by atoms with Crippen molar-refractivity contribution in [1.29, 1.82) is 5.26 Å². The van der Waals surface area contributed by atoms with E-state index in [9.17, 15) is 5.26 Å². The lowest BCUT2D eigenvalue weighted by atomic mass is 9.88. The van der Waals surface area contributed by atoms with Crippen molar-refractivity contribution in [2.75, 3.05) is 0 Å². The molecule has 0 aromatic heterocycles. The lowest BCUT2D eigenvalue weighted by Crippen LogP contribution is -2.46. The minimum absolute atomic E-state index is 0.173. The SMILES string of the molecule is N#CC1(N[C@@H](Cc2ccccc2)c2ccccc2)CCCCCC1. The molecule has 1 aliphatic carbocycles. The Morgan fingerprint density at radius 3 is 2.04 bits per heavy atom. The number of benzene rings is 2. The van der Waals surface area contributed by atoms with Gasteiger partial charge in [0, 0.05) is 6.04 Å². The number of nitriles is 1. The van der Waals surface area contributed by atoms with Crippen LogP contribution in [0, 0.1) is 11.3 Å². The van der Waals surface area contributed by atoms with Crippen molar-refractivity contribution in [1.82, 2.24) is 5.32 Å². The van der Waals surface area contributed by atoms with Crippen molar-refractivity contribution in [3.63, 3.8) is 0 Å². The molecule has 2 heteroatoms. The Morgan fingerprint density at radius 1 is 0.875 bits per heavy atom. The topological polar surface area (TPSA) is 35.8 Å². The van der Waals surface area contributed by atoms with Crippen LogP contribution in [0.15, 0.2) is 60.7 Å². The third-order valence-corrected chi connectivity index (χ3v) is 5.11. The Balaban J connectivity index is 1.85. The van der Waals surface area contributed by atoms with Gasteiger partial charge in [-0.05, 0) is 30.4 Å². The Bertz CT molecular complexity index is 649. The molecule has 124 valence electrons. The second-order valence-electron chi connectivity index (χ2n) is 6.91. The van der Waals surface area contributed by atoms with Crippen molar-refractivity contribution in [2.45, 2.75) is 56.5 Å². The molecule has 1 N–H and O–H groups in total. The highest BCUT2D eigenvalue weighted by Crippen LogP contribution is 2.30. The molecule has 1 fully saturated rings. The second kappa shape index (κ2) is 8.13. The summed E-state index contributed by atoms with van der Waals surface area (Å²) >= 11 is 0. The Labute approximate surface area is 145 Å². The summed E-state index contributed by atoms with van der Waals surface area (Å²) in [6, 6.07) is 23.9. The van der Waals surface area contributed by atoms with E-state index >= 15 is 0 Å². The van der Waals surface area contributed by atoms with Gasteiger partial charge in [0.1, 0.15) is 5.54 Å². The summed E-state index contributed by atoms with van der Waals surface area (Å²) in [6.45, 7) is 0. The molecule has 24 heavy (non-hydrogen) atoms. The monoisotopic (exact) mass is 318 g/mol. The standard InChI is InChI=1S/C22H26N2/c23-18-22(15-9-1-2-10-16-22)24-21(20-13-7-4-8-14-20)17-19-11-5-3-6-12-19/h3-8,11-14,21,24H,1-2,9-10,15-17H2/t21-/m0/s1. The van der Waals surface area contributed by atoms with Crippen LogP contribution in [0.1, 0.15) is 55.7 Å². The van der Waals surface area contributed by atoms with Gasteiger partial charge in [-0.2, -0.15) is 5.26 Å². The molecule has 1 saturated carbocycles. The molecule has 0 heterocycles. The summed E-state index contributed by atoms with van der Waals surface area (Å²) in [4.78, 5) is 0. The van der Waals surface area contributed by atoms with Crippen molar-refractivity contribution in [3.8, 4) is 6.07 Å². The van der Waals surface area contributed by atoms with Crippen molar-refractivity contribution in [3.05, 3.63) is 71.8 Å². The van der Waals surface area contributed by atoms with Crippen LogP contribution < -0.4 is 5.32 Å². The summed E-state index contributed by atoms with van der Waals surface area (Å²) in [5, 5.41) is 13.7. The Kier molecular flexibility index (Phi) is 5.67. The predicted molar refractivity (Wildman–Crippen MR) is 98.5 cm³/mol. The zero-order valence-corrected chi connectivity index (χ0v) is 14.2. The molecule has 1 atom stereocenters. The fourth-order valence-electron chi connectivity index (χ4n) is 3.74. The number of rotatable bonds is 5. The maximum Gasteiger partial charge on any atom is 0.107 e. The largest absolute Gasteiger partial charge is 0.292 e. The summed E-state index contributed by atoms with van der Waals surface area (Å²) in [7, 11) is 0. The van der Waals surface area contributed by atoms with Crippen LogP contribution in [-0.2, 0) is 6.42 Å². The molecule has 0 bridgehead atoms. The molecule has 3 rings (SSSR count). The third-order valence-electron chi connectivity index (χ3n) is 5.11. The highest BCUT2D eigenvalue weighted by Gasteiger charge is 2.33. The van der Waals surface area contributed by atoms with E-state index in [4.69, 9.17) is 0 Å². The number of hydrogen-bond acceptors (Lipinski definition) is 2. The van der Waals surface area contributed by atoms with E-state index < -0.39 is 0 Å². The number of nitrogens with zero attached hydrogens (tertiary/aromatic N) is 1. The van der Waals surface area contributed by atoms with Crippen molar-refractivity contribution in [2.24, 2.45) is 0 Å². The average molecular weight is 318 g/mol. The molecule has 0 aliphatic heterocycles. The van der Waals surface area contributed by atoms with E-state index in [1.807, 2.05) is 0 Å². The molecule has 0 radical (unpaired) electrons. The minimum Gasteiger partial charge on any atom is -0.292 e. The van der Waals surface area contributed by atoms with E-state index in [1.165, 1.54) is 24.0 Å². The van der Waals surface area contributed by atoms with Gasteiger partial charge in [0.2, 0.25) is 0 Å². The average Bonchev–Trinajstić information content (AvgIpc) is 2.89. The van der Waals surface area contributed by atoms with Gasteiger partial charge in [0.25, 0.3) is 0 Å². The fraction of sp³-hybridized carbons (Fsp3) is 0.409. The second-order valence-corrected chi connectivity index (χ2v) is 6.91. The first kappa shape index (κ1) is 16.7. The smallest absolute Gasteiger partial charge is 0.107 e. The van der Waals surface area contributed by atoms with Gasteiger partial charge in [-0.15, -0.1) is 0 Å². The van der Waals surface area contributed by atoms with Crippen LogP contribution in [0.2, 0.25) is 0 Å². The number of nitrogens with one attached hydrogen (secondary N) is 1. The van der Waals surface area contributed by atoms with Gasteiger partial charge >= 0.3 is 0 Å². The molecule has 2 aromatic rings. The summed E-state index contributed by atoms with van der Waals surface area (Å²) in [6.07, 6.45) is 7.62. The minimum atomic E-state index is -0.383. The summed E-state index contributed by atoms with van der Waals surface area (Å²) in [5.74, 6) is 0. The highest BCUT2D eigenvalue weighted by molar-refractivity contribution is 5.25. The first-order valence-corrected chi connectivity index (χ1v) is 9.09. The van der Waals surface area contributed by atoms with Crippen molar-refractivity contribution >= 4 is 0 Å². The van der Waals surface area contributed by atoms with Gasteiger partial charge in [0.05, 0.1) is 6.07 Å². The predicted octanol–water partition coefficient (Wildman–Crippen LogP) is 5.18. The molecule has 0 spiro atoms. The van der Waals surface area contributed by atoms with Crippen LogP contribution in [0.4, 0.5) is 0 Å². The Morgan fingerprint density at radius 2 is 1.46 bits per heavy atom. The molecule has 0 amide bonds. The summed E-state index contributed by atoms with van der Waals surface area (Å²) in [5.41, 5.74) is 2.19. The summed E-state index contributed by atoms with van der Waals surface area (Å²) < 4.78 is 0. The van der Waals surface area contributed by atoms with Gasteiger partial charge in [-0.3, -0.25) is 5.32 Å². The van der Waals surface area contributed by atoms with Crippen molar-refractivity contribution < 1.29 is 0 Å². The van der Waals surface area contributed by atoms with Crippen LogP contribution in [0.25, 0.3) is 0 Å².